The van der Waals surface area contributed by atoms with Gasteiger partial charge in [-0.25, -0.2) is 0 Å². The second-order valence-corrected chi connectivity index (χ2v) is 13.8. The van der Waals surface area contributed by atoms with Crippen molar-refractivity contribution < 1.29 is 20.1 Å². The molecule has 0 aliphatic carbocycles. The summed E-state index contributed by atoms with van der Waals surface area (Å²) in [6.45, 7) is 4.11. The monoisotopic (exact) mass is 650 g/mol. The van der Waals surface area contributed by atoms with Crippen molar-refractivity contribution in [2.45, 2.75) is 225 Å². The van der Waals surface area contributed by atoms with Gasteiger partial charge in [0.1, 0.15) is 6.10 Å². The maximum absolute atomic E-state index is 12.3. The van der Waals surface area contributed by atoms with Gasteiger partial charge in [-0.2, -0.15) is 0 Å². The Morgan fingerprint density at radius 2 is 0.870 bits per heavy atom. The summed E-state index contributed by atoms with van der Waals surface area (Å²) in [5.74, 6) is -0.191. The lowest BCUT2D eigenvalue weighted by molar-refractivity contribution is -0.124. The number of rotatable bonds is 36. The zero-order valence-electron chi connectivity index (χ0n) is 30.7. The van der Waals surface area contributed by atoms with E-state index in [2.05, 4.69) is 43.5 Å². The van der Waals surface area contributed by atoms with E-state index in [-0.39, 0.29) is 12.5 Å². The smallest absolute Gasteiger partial charge is 0.220 e. The molecular weight excluding hydrogens is 570 g/mol. The summed E-state index contributed by atoms with van der Waals surface area (Å²) in [6, 6.07) is -0.836. The maximum Gasteiger partial charge on any atom is 0.220 e. The van der Waals surface area contributed by atoms with Crippen LogP contribution in [0.25, 0.3) is 0 Å². The van der Waals surface area contributed by atoms with Crippen LogP contribution in [0, 0.1) is 0 Å². The first-order chi connectivity index (χ1) is 22.6. The number of hydrogen-bond donors (Lipinski definition) is 4. The second-order valence-electron chi connectivity index (χ2n) is 13.8. The first-order valence-corrected chi connectivity index (χ1v) is 20.1. The minimum absolute atomic E-state index is 0.191. The molecule has 0 aliphatic heterocycles. The van der Waals surface area contributed by atoms with Gasteiger partial charge < -0.3 is 20.6 Å². The Balaban J connectivity index is 3.63. The molecule has 0 bridgehead atoms. The number of aliphatic hydroxyl groups is 3. The molecule has 3 unspecified atom stereocenters. The molecule has 0 aromatic rings. The van der Waals surface area contributed by atoms with Gasteiger partial charge in [-0.1, -0.05) is 167 Å². The SMILES string of the molecule is CCCCCC/C=C\CCCC(=O)NC(CO)C(O)C(O)CCC/C=C/CCCCCCCCCCCCCCCCCCCC. The van der Waals surface area contributed by atoms with E-state index < -0.39 is 18.2 Å². The summed E-state index contributed by atoms with van der Waals surface area (Å²) >= 11 is 0. The molecule has 5 heteroatoms. The summed E-state index contributed by atoms with van der Waals surface area (Å²) in [5.41, 5.74) is 0. The average molecular weight is 650 g/mol. The number of hydrogen-bond acceptors (Lipinski definition) is 4. The van der Waals surface area contributed by atoms with E-state index in [9.17, 15) is 20.1 Å². The standard InChI is InChI=1S/C41H79NO4/c1-3-5-7-9-11-13-14-15-16-17-18-19-20-21-22-23-24-25-26-28-29-31-33-35-39(44)41(46)38(37-43)42-40(45)36-34-32-30-27-12-10-8-6-4-2/h27-30,38-39,41,43-44,46H,3-26,31-37H2,1-2H3,(H,42,45)/b29-28+,30-27-. The van der Waals surface area contributed by atoms with Crippen LogP contribution >= 0.6 is 0 Å². The fraction of sp³-hybridized carbons (Fsp3) is 0.878. The van der Waals surface area contributed by atoms with Crippen LogP contribution in [0.3, 0.4) is 0 Å². The van der Waals surface area contributed by atoms with E-state index in [0.29, 0.717) is 12.8 Å². The molecule has 0 aliphatic rings. The van der Waals surface area contributed by atoms with Gasteiger partial charge in [-0.15, -0.1) is 0 Å². The topological polar surface area (TPSA) is 89.8 Å². The van der Waals surface area contributed by atoms with E-state index in [1.165, 1.54) is 141 Å². The number of aliphatic hydroxyl groups excluding tert-OH is 3. The van der Waals surface area contributed by atoms with E-state index in [4.69, 9.17) is 0 Å². The Morgan fingerprint density at radius 3 is 1.28 bits per heavy atom. The summed E-state index contributed by atoms with van der Waals surface area (Å²) in [7, 11) is 0. The van der Waals surface area contributed by atoms with Crippen molar-refractivity contribution in [3.8, 4) is 0 Å². The quantitative estimate of drug-likeness (QED) is 0.0401. The Morgan fingerprint density at radius 1 is 0.522 bits per heavy atom. The number of carbonyl (C=O) groups excluding carboxylic acids is 1. The third-order valence-electron chi connectivity index (χ3n) is 9.28. The van der Waals surface area contributed by atoms with Gasteiger partial charge in [0.05, 0.1) is 18.8 Å². The molecule has 3 atom stereocenters. The van der Waals surface area contributed by atoms with Gasteiger partial charge in [0.25, 0.3) is 0 Å². The molecule has 0 saturated heterocycles. The van der Waals surface area contributed by atoms with Crippen molar-refractivity contribution in [1.29, 1.82) is 0 Å². The molecule has 0 aromatic heterocycles. The van der Waals surface area contributed by atoms with Crippen molar-refractivity contribution in [1.82, 2.24) is 5.32 Å². The second kappa shape index (κ2) is 36.7. The Bertz CT molecular complexity index is 679. The third-order valence-corrected chi connectivity index (χ3v) is 9.28. The molecule has 1 amide bonds. The lowest BCUT2D eigenvalue weighted by Gasteiger charge is -2.26. The van der Waals surface area contributed by atoms with Crippen LogP contribution in [-0.4, -0.2) is 46.1 Å². The van der Waals surface area contributed by atoms with E-state index in [1.807, 2.05) is 0 Å². The van der Waals surface area contributed by atoms with Crippen molar-refractivity contribution in [2.75, 3.05) is 6.61 Å². The maximum atomic E-state index is 12.3. The van der Waals surface area contributed by atoms with Crippen LogP contribution in [0.2, 0.25) is 0 Å². The van der Waals surface area contributed by atoms with Gasteiger partial charge in [0.15, 0.2) is 0 Å². The molecule has 0 spiro atoms. The van der Waals surface area contributed by atoms with E-state index >= 15 is 0 Å². The van der Waals surface area contributed by atoms with Crippen molar-refractivity contribution in [3.05, 3.63) is 24.3 Å². The van der Waals surface area contributed by atoms with Gasteiger partial charge in [0, 0.05) is 6.42 Å². The Kier molecular flexibility index (Phi) is 35.7. The average Bonchev–Trinajstić information content (AvgIpc) is 3.06. The van der Waals surface area contributed by atoms with E-state index in [1.54, 1.807) is 0 Å². The normalized spacial score (nSPS) is 13.9. The number of amides is 1. The number of allylic oxidation sites excluding steroid dienone is 4. The minimum atomic E-state index is -1.17. The molecule has 0 aromatic carbocycles. The summed E-state index contributed by atoms with van der Waals surface area (Å²) in [6.07, 6.45) is 43.1. The summed E-state index contributed by atoms with van der Waals surface area (Å²) in [4.78, 5) is 12.3. The fourth-order valence-electron chi connectivity index (χ4n) is 6.11. The number of nitrogens with one attached hydrogen (secondary N) is 1. The molecule has 0 rings (SSSR count). The lowest BCUT2D eigenvalue weighted by Crippen LogP contribution is -2.50. The predicted octanol–water partition coefficient (Wildman–Crippen LogP) is 11.0. The molecule has 0 saturated carbocycles. The van der Waals surface area contributed by atoms with Gasteiger partial charge in [-0.3, -0.25) is 4.79 Å². The van der Waals surface area contributed by atoms with Gasteiger partial charge in [-0.05, 0) is 57.8 Å². The van der Waals surface area contributed by atoms with Crippen molar-refractivity contribution in [3.63, 3.8) is 0 Å². The molecule has 4 N–H and O–H groups in total. The van der Waals surface area contributed by atoms with Crippen LogP contribution in [0.4, 0.5) is 0 Å². The molecule has 46 heavy (non-hydrogen) atoms. The number of unbranched alkanes of at least 4 members (excludes halogenated alkanes) is 24. The van der Waals surface area contributed by atoms with Crippen LogP contribution < -0.4 is 5.32 Å². The zero-order valence-corrected chi connectivity index (χ0v) is 30.7. The summed E-state index contributed by atoms with van der Waals surface area (Å²) in [5, 5.41) is 33.3. The first kappa shape index (κ1) is 44.8. The van der Waals surface area contributed by atoms with Crippen LogP contribution in [0.15, 0.2) is 24.3 Å². The minimum Gasteiger partial charge on any atom is -0.394 e. The molecule has 0 heterocycles. The van der Waals surface area contributed by atoms with Crippen molar-refractivity contribution in [2.24, 2.45) is 0 Å². The van der Waals surface area contributed by atoms with Crippen LogP contribution in [0.1, 0.15) is 206 Å². The summed E-state index contributed by atoms with van der Waals surface area (Å²) < 4.78 is 0. The first-order valence-electron chi connectivity index (χ1n) is 20.1. The zero-order chi connectivity index (χ0) is 33.8. The third kappa shape index (κ3) is 31.4. The van der Waals surface area contributed by atoms with Crippen molar-refractivity contribution >= 4 is 5.91 Å². The highest BCUT2D eigenvalue weighted by Gasteiger charge is 2.26. The molecule has 272 valence electrons. The molecule has 5 nitrogen and oxygen atoms in total. The van der Waals surface area contributed by atoms with Crippen LogP contribution in [0.5, 0.6) is 0 Å². The highest BCUT2D eigenvalue weighted by atomic mass is 16.3. The molecular formula is C41H79NO4. The Hall–Kier alpha value is -1.17. The predicted molar refractivity (Wildman–Crippen MR) is 199 cm³/mol. The van der Waals surface area contributed by atoms with Gasteiger partial charge >= 0.3 is 0 Å². The molecule has 0 radical (unpaired) electrons. The van der Waals surface area contributed by atoms with Gasteiger partial charge in [0.2, 0.25) is 5.91 Å². The largest absolute Gasteiger partial charge is 0.394 e. The molecule has 0 fully saturated rings. The Labute approximate surface area is 286 Å². The van der Waals surface area contributed by atoms with E-state index in [0.717, 1.165) is 38.5 Å². The van der Waals surface area contributed by atoms with Crippen LogP contribution in [-0.2, 0) is 4.79 Å². The highest BCUT2D eigenvalue weighted by molar-refractivity contribution is 5.76. The fourth-order valence-corrected chi connectivity index (χ4v) is 6.11. The lowest BCUT2D eigenvalue weighted by atomic mass is 10.0. The highest BCUT2D eigenvalue weighted by Crippen LogP contribution is 2.15. The number of carbonyl (C=O) groups is 1.